The monoisotopic (exact) mass is 367 g/mol. The zero-order valence-corrected chi connectivity index (χ0v) is 13.4. The molecule has 0 amide bonds. The highest BCUT2D eigenvalue weighted by Gasteiger charge is 2.37. The minimum Gasteiger partial charge on any atom is -0.744 e. The second kappa shape index (κ2) is 6.65. The van der Waals surface area contributed by atoms with E-state index in [0.29, 0.717) is 0 Å². The molecule has 134 valence electrons. The van der Waals surface area contributed by atoms with Gasteiger partial charge in [-0.1, -0.05) is 0 Å². The van der Waals surface area contributed by atoms with Gasteiger partial charge in [-0.3, -0.25) is 0 Å². The van der Waals surface area contributed by atoms with Gasteiger partial charge in [0.15, 0.2) is 0 Å². The summed E-state index contributed by atoms with van der Waals surface area (Å²) in [6.45, 7) is 0. The van der Waals surface area contributed by atoms with Crippen LogP contribution in [-0.2, 0) is 22.5 Å². The lowest BCUT2D eigenvalue weighted by atomic mass is 10.1. The van der Waals surface area contributed by atoms with Crippen LogP contribution >= 0.6 is 0 Å². The van der Waals surface area contributed by atoms with Crippen LogP contribution in [-0.4, -0.2) is 45.6 Å². The Hall–Kier alpha value is -1.33. The van der Waals surface area contributed by atoms with Crippen LogP contribution < -0.4 is 0 Å². The van der Waals surface area contributed by atoms with Gasteiger partial charge in [-0.15, -0.1) is 0 Å². The van der Waals surface area contributed by atoms with Gasteiger partial charge in [0.25, 0.3) is 0 Å². The third kappa shape index (κ3) is 8.77. The summed E-state index contributed by atoms with van der Waals surface area (Å²) in [4.78, 5) is -1.58. The molecular formula is C12H15F6NO3S. The van der Waals surface area contributed by atoms with Crippen molar-refractivity contribution in [1.29, 1.82) is 0 Å². The summed E-state index contributed by atoms with van der Waals surface area (Å²) >= 11 is 0. The van der Waals surface area contributed by atoms with E-state index in [9.17, 15) is 39.3 Å². The zero-order valence-electron chi connectivity index (χ0n) is 12.6. The first-order valence-electron chi connectivity index (χ1n) is 5.86. The molecule has 0 aliphatic rings. The van der Waals surface area contributed by atoms with Crippen molar-refractivity contribution >= 4 is 10.1 Å². The van der Waals surface area contributed by atoms with Gasteiger partial charge in [0.1, 0.15) is 10.1 Å². The predicted octanol–water partition coefficient (Wildman–Crippen LogP) is 2.95. The fraction of sp³-hybridized carbons (Fsp3) is 0.500. The lowest BCUT2D eigenvalue weighted by molar-refractivity contribution is -0.849. The van der Waals surface area contributed by atoms with E-state index in [1.807, 2.05) is 0 Å². The third-order valence-corrected chi connectivity index (χ3v) is 2.66. The molecule has 0 atom stereocenters. The lowest BCUT2D eigenvalue weighted by Gasteiger charge is -2.15. The highest BCUT2D eigenvalue weighted by Crippen LogP contribution is 2.37. The van der Waals surface area contributed by atoms with Crippen molar-refractivity contribution in [2.75, 3.05) is 28.2 Å². The van der Waals surface area contributed by atoms with Gasteiger partial charge in [-0.2, -0.15) is 26.3 Å². The third-order valence-electron chi connectivity index (χ3n) is 1.85. The van der Waals surface area contributed by atoms with E-state index >= 15 is 0 Å². The quantitative estimate of drug-likeness (QED) is 0.436. The minimum atomic E-state index is -5.42. The van der Waals surface area contributed by atoms with E-state index in [-0.39, 0.29) is 18.2 Å². The lowest BCUT2D eigenvalue weighted by Crippen LogP contribution is -2.27. The van der Waals surface area contributed by atoms with E-state index in [1.165, 1.54) is 0 Å². The Balaban J connectivity index is 0.000000841. The van der Waals surface area contributed by atoms with Crippen LogP contribution in [0.2, 0.25) is 0 Å². The fourth-order valence-corrected chi connectivity index (χ4v) is 1.61. The normalized spacial score (nSPS) is 13.3. The maximum atomic E-state index is 12.3. The average Bonchev–Trinajstić information content (AvgIpc) is 2.22. The molecule has 0 fully saturated rings. The van der Waals surface area contributed by atoms with E-state index in [4.69, 9.17) is 0 Å². The van der Waals surface area contributed by atoms with E-state index in [0.717, 1.165) is 4.48 Å². The van der Waals surface area contributed by atoms with Crippen LogP contribution in [0.15, 0.2) is 23.1 Å². The van der Waals surface area contributed by atoms with Crippen LogP contribution in [0.3, 0.4) is 0 Å². The molecule has 0 radical (unpaired) electrons. The number of benzene rings is 1. The molecule has 23 heavy (non-hydrogen) atoms. The van der Waals surface area contributed by atoms with Crippen LogP contribution in [0.25, 0.3) is 0 Å². The molecule has 0 spiro atoms. The predicted molar refractivity (Wildman–Crippen MR) is 68.4 cm³/mol. The van der Waals surface area contributed by atoms with Crippen LogP contribution in [0, 0.1) is 0 Å². The Morgan fingerprint density at radius 3 is 1.26 bits per heavy atom. The zero-order chi connectivity index (χ0) is 18.9. The van der Waals surface area contributed by atoms with Crippen molar-refractivity contribution in [3.8, 4) is 0 Å². The number of rotatable bonds is 1. The summed E-state index contributed by atoms with van der Waals surface area (Å²) in [6.07, 6.45) is -10.4. The first-order valence-corrected chi connectivity index (χ1v) is 7.27. The molecule has 11 heteroatoms. The molecule has 0 saturated carbocycles. The minimum absolute atomic E-state index is 0.141. The highest BCUT2D eigenvalue weighted by atomic mass is 32.2. The SMILES string of the molecule is C[N+](C)(C)C.O=S(=O)([O-])c1cc(C(F)(F)F)cc(C(F)(F)F)c1. The van der Waals surface area contributed by atoms with Crippen LogP contribution in [0.1, 0.15) is 11.1 Å². The van der Waals surface area contributed by atoms with Gasteiger partial charge in [-0.05, 0) is 18.2 Å². The Kier molecular flexibility index (Phi) is 6.27. The maximum Gasteiger partial charge on any atom is 0.416 e. The van der Waals surface area contributed by atoms with E-state index < -0.39 is 38.5 Å². The molecule has 0 aliphatic carbocycles. The molecule has 0 aromatic heterocycles. The van der Waals surface area contributed by atoms with Crippen LogP contribution in [0.5, 0.6) is 0 Å². The number of nitrogens with zero attached hydrogens (tertiary/aromatic N) is 1. The van der Waals surface area contributed by atoms with Gasteiger partial charge < -0.3 is 9.04 Å². The number of alkyl halides is 6. The Labute approximate surface area is 129 Å². The van der Waals surface area contributed by atoms with Crippen molar-refractivity contribution in [3.63, 3.8) is 0 Å². The Morgan fingerprint density at radius 1 is 0.826 bits per heavy atom. The average molecular weight is 367 g/mol. The molecule has 0 bridgehead atoms. The van der Waals surface area contributed by atoms with Gasteiger partial charge in [0, 0.05) is 0 Å². The second-order valence-electron chi connectivity index (χ2n) is 5.88. The fourth-order valence-electron chi connectivity index (χ4n) is 1.07. The molecular weight excluding hydrogens is 352 g/mol. The van der Waals surface area contributed by atoms with Crippen molar-refractivity contribution in [2.24, 2.45) is 0 Å². The summed E-state index contributed by atoms with van der Waals surface area (Å²) in [6, 6.07) is -0.552. The topological polar surface area (TPSA) is 57.2 Å². The van der Waals surface area contributed by atoms with Crippen molar-refractivity contribution in [3.05, 3.63) is 29.3 Å². The van der Waals surface area contributed by atoms with Crippen LogP contribution in [0.4, 0.5) is 26.3 Å². The van der Waals surface area contributed by atoms with Gasteiger partial charge in [0.2, 0.25) is 0 Å². The largest absolute Gasteiger partial charge is 0.744 e. The van der Waals surface area contributed by atoms with Gasteiger partial charge in [0.05, 0.1) is 44.2 Å². The molecule has 0 heterocycles. The first-order chi connectivity index (χ1) is 9.82. The first kappa shape index (κ1) is 21.7. The summed E-state index contributed by atoms with van der Waals surface area (Å²) < 4.78 is 106. The molecule has 0 N–H and O–H groups in total. The Morgan fingerprint density at radius 2 is 1.09 bits per heavy atom. The van der Waals surface area contributed by atoms with E-state index in [2.05, 4.69) is 28.2 Å². The summed E-state index contributed by atoms with van der Waals surface area (Å²) in [5.41, 5.74) is -3.71. The summed E-state index contributed by atoms with van der Waals surface area (Å²) in [5.74, 6) is 0. The maximum absolute atomic E-state index is 12.3. The number of halogens is 6. The van der Waals surface area contributed by atoms with Gasteiger partial charge >= 0.3 is 12.4 Å². The summed E-state index contributed by atoms with van der Waals surface area (Å²) in [7, 11) is 3.08. The molecule has 0 unspecified atom stereocenters. The molecule has 0 saturated heterocycles. The molecule has 1 aromatic carbocycles. The van der Waals surface area contributed by atoms with Gasteiger partial charge in [-0.25, -0.2) is 8.42 Å². The number of hydrogen-bond donors (Lipinski definition) is 0. The summed E-state index contributed by atoms with van der Waals surface area (Å²) in [5, 5.41) is 0. The standard InChI is InChI=1S/C8H4F6O3S.C4H12N/c9-7(10,11)4-1-5(8(12,13)14)3-6(2-4)18(15,16)17;1-5(2,3)4/h1-3H,(H,15,16,17);1-4H3/q;+1/p-1. The highest BCUT2D eigenvalue weighted by molar-refractivity contribution is 7.85. The molecule has 1 rings (SSSR count). The van der Waals surface area contributed by atoms with Crippen molar-refractivity contribution in [2.45, 2.75) is 17.2 Å². The molecule has 4 nitrogen and oxygen atoms in total. The van der Waals surface area contributed by atoms with E-state index in [1.54, 1.807) is 0 Å². The molecule has 1 aromatic rings. The van der Waals surface area contributed by atoms with Crippen molar-refractivity contribution in [1.82, 2.24) is 0 Å². The van der Waals surface area contributed by atoms with Crippen molar-refractivity contribution < 1.29 is 43.8 Å². The number of quaternary nitrogens is 1. The smallest absolute Gasteiger partial charge is 0.416 e. The second-order valence-corrected chi connectivity index (χ2v) is 7.26. The number of hydrogen-bond acceptors (Lipinski definition) is 3. The molecule has 0 aliphatic heterocycles. The Bertz CT molecular complexity index is 606.